The Bertz CT molecular complexity index is 504. The van der Waals surface area contributed by atoms with Crippen LogP contribution in [0.15, 0.2) is 12.1 Å². The smallest absolute Gasteiger partial charge is 0.308 e. The maximum atomic E-state index is 10.7. The zero-order valence-electron chi connectivity index (χ0n) is 8.01. The van der Waals surface area contributed by atoms with Crippen LogP contribution >= 0.6 is 0 Å². The Balaban J connectivity index is 3.41. The van der Waals surface area contributed by atoms with Crippen molar-refractivity contribution in [2.75, 3.05) is 5.73 Å². The molecule has 0 spiro atoms. The largest absolute Gasteiger partial charge is 0.481 e. The first-order valence-corrected chi connectivity index (χ1v) is 4.14. The van der Waals surface area contributed by atoms with Crippen LogP contribution in [0.2, 0.25) is 0 Å². The van der Waals surface area contributed by atoms with Crippen molar-refractivity contribution in [3.63, 3.8) is 0 Å². The zero-order valence-corrected chi connectivity index (χ0v) is 8.01. The highest BCUT2D eigenvalue weighted by Gasteiger charge is 2.20. The molecule has 0 atom stereocenters. The second-order valence-electron chi connectivity index (χ2n) is 3.00. The van der Waals surface area contributed by atoms with Crippen LogP contribution in [0.3, 0.4) is 0 Å². The van der Waals surface area contributed by atoms with Crippen molar-refractivity contribution < 1.29 is 14.8 Å². The number of carboxylic acid groups (broad SMARTS) is 1. The average molecular weight is 221 g/mol. The number of benzene rings is 1. The lowest BCUT2D eigenvalue weighted by Crippen LogP contribution is -2.07. The third-order valence-corrected chi connectivity index (χ3v) is 1.91. The number of nitriles is 1. The fourth-order valence-corrected chi connectivity index (χ4v) is 1.25. The van der Waals surface area contributed by atoms with Gasteiger partial charge in [0.2, 0.25) is 0 Å². The molecule has 0 unspecified atom stereocenters. The van der Waals surface area contributed by atoms with E-state index in [1.165, 1.54) is 6.07 Å². The minimum Gasteiger partial charge on any atom is -0.481 e. The van der Waals surface area contributed by atoms with Gasteiger partial charge in [0.25, 0.3) is 5.69 Å². The zero-order chi connectivity index (χ0) is 12.3. The van der Waals surface area contributed by atoms with Crippen LogP contribution in [-0.4, -0.2) is 16.0 Å². The van der Waals surface area contributed by atoms with Gasteiger partial charge in [-0.05, 0) is 6.07 Å². The molecule has 0 saturated carbocycles. The van der Waals surface area contributed by atoms with E-state index < -0.39 is 23.0 Å². The lowest BCUT2D eigenvalue weighted by molar-refractivity contribution is -0.385. The summed E-state index contributed by atoms with van der Waals surface area (Å²) in [7, 11) is 0. The third kappa shape index (κ3) is 2.24. The number of hydrogen-bond acceptors (Lipinski definition) is 5. The molecule has 0 amide bonds. The Kier molecular flexibility index (Phi) is 3.06. The molecule has 7 nitrogen and oxygen atoms in total. The number of nitrogens with two attached hydrogens (primary N) is 1. The van der Waals surface area contributed by atoms with E-state index in [9.17, 15) is 14.9 Å². The van der Waals surface area contributed by atoms with Gasteiger partial charge in [-0.1, -0.05) is 0 Å². The van der Waals surface area contributed by atoms with E-state index in [0.29, 0.717) is 0 Å². The average Bonchev–Trinajstić information content (AvgIpc) is 2.19. The third-order valence-electron chi connectivity index (χ3n) is 1.91. The first-order valence-electron chi connectivity index (χ1n) is 4.14. The number of nitrogen functional groups attached to an aromatic ring is 1. The number of nitro benzene ring substituents is 1. The van der Waals surface area contributed by atoms with E-state index in [1.54, 1.807) is 6.07 Å². The summed E-state index contributed by atoms with van der Waals surface area (Å²) in [6.07, 6.45) is -0.548. The van der Waals surface area contributed by atoms with Crippen LogP contribution in [0, 0.1) is 21.4 Å². The molecule has 0 aromatic heterocycles. The minimum absolute atomic E-state index is 0.0262. The number of anilines is 1. The van der Waals surface area contributed by atoms with Crippen LogP contribution in [0.1, 0.15) is 11.1 Å². The van der Waals surface area contributed by atoms with Crippen LogP contribution < -0.4 is 5.73 Å². The molecule has 0 fully saturated rings. The Morgan fingerprint density at radius 1 is 1.62 bits per heavy atom. The van der Waals surface area contributed by atoms with Gasteiger partial charge >= 0.3 is 5.97 Å². The van der Waals surface area contributed by atoms with E-state index >= 15 is 0 Å². The van der Waals surface area contributed by atoms with Gasteiger partial charge in [0.15, 0.2) is 0 Å². The summed E-state index contributed by atoms with van der Waals surface area (Å²) in [6, 6.07) is 3.93. The molecule has 1 aromatic carbocycles. The predicted molar refractivity (Wildman–Crippen MR) is 53.6 cm³/mol. The van der Waals surface area contributed by atoms with Crippen LogP contribution in [0.4, 0.5) is 11.4 Å². The Morgan fingerprint density at radius 3 is 2.69 bits per heavy atom. The second-order valence-corrected chi connectivity index (χ2v) is 3.00. The number of nitro groups is 1. The molecule has 3 N–H and O–H groups in total. The standard InChI is InChI=1S/C9H7N3O4/c10-4-5-1-7(11)6(3-9(13)14)8(2-5)12(15)16/h1-2H,3,11H2,(H,13,14). The molecule has 0 saturated heterocycles. The van der Waals surface area contributed by atoms with Gasteiger partial charge in [-0.2, -0.15) is 5.26 Å². The summed E-state index contributed by atoms with van der Waals surface area (Å²) in [5, 5.41) is 27.8. The van der Waals surface area contributed by atoms with Crippen molar-refractivity contribution in [3.05, 3.63) is 33.4 Å². The highest BCUT2D eigenvalue weighted by atomic mass is 16.6. The summed E-state index contributed by atoms with van der Waals surface area (Å²) < 4.78 is 0. The molecule has 0 aliphatic carbocycles. The maximum Gasteiger partial charge on any atom is 0.308 e. The summed E-state index contributed by atoms with van der Waals surface area (Å²) in [4.78, 5) is 20.4. The van der Waals surface area contributed by atoms with Gasteiger partial charge in [0.05, 0.1) is 28.5 Å². The number of rotatable bonds is 3. The number of aliphatic carboxylic acids is 1. The lowest BCUT2D eigenvalue weighted by Gasteiger charge is -2.04. The first kappa shape index (κ1) is 11.5. The lowest BCUT2D eigenvalue weighted by atomic mass is 10.0. The topological polar surface area (TPSA) is 130 Å². The Labute approximate surface area is 89.9 Å². The van der Waals surface area contributed by atoms with E-state index in [1.807, 2.05) is 0 Å². The molecule has 1 rings (SSSR count). The van der Waals surface area contributed by atoms with Crippen molar-refractivity contribution in [1.82, 2.24) is 0 Å². The Hall–Kier alpha value is -2.62. The summed E-state index contributed by atoms with van der Waals surface area (Å²) in [5.41, 5.74) is 4.90. The van der Waals surface area contributed by atoms with Crippen LogP contribution in [-0.2, 0) is 11.2 Å². The van der Waals surface area contributed by atoms with Crippen LogP contribution in [0.25, 0.3) is 0 Å². The fourth-order valence-electron chi connectivity index (χ4n) is 1.25. The molecule has 1 aromatic rings. The predicted octanol–water partition coefficient (Wildman–Crippen LogP) is 0.676. The molecule has 0 heterocycles. The first-order chi connectivity index (χ1) is 7.45. The van der Waals surface area contributed by atoms with Gasteiger partial charge in [0, 0.05) is 11.8 Å². The normalized spacial score (nSPS) is 9.44. The van der Waals surface area contributed by atoms with Gasteiger partial charge in [-0.25, -0.2) is 0 Å². The fraction of sp³-hybridized carbons (Fsp3) is 0.111. The monoisotopic (exact) mass is 221 g/mol. The quantitative estimate of drug-likeness (QED) is 0.438. The molecule has 7 heteroatoms. The van der Waals surface area contributed by atoms with Crippen molar-refractivity contribution >= 4 is 17.3 Å². The van der Waals surface area contributed by atoms with Gasteiger partial charge in [0.1, 0.15) is 0 Å². The van der Waals surface area contributed by atoms with Crippen molar-refractivity contribution in [2.45, 2.75) is 6.42 Å². The van der Waals surface area contributed by atoms with E-state index in [-0.39, 0.29) is 16.8 Å². The number of carbonyl (C=O) groups is 1. The molecular formula is C9H7N3O4. The van der Waals surface area contributed by atoms with Crippen molar-refractivity contribution in [2.24, 2.45) is 0 Å². The molecule has 0 radical (unpaired) electrons. The van der Waals surface area contributed by atoms with Crippen molar-refractivity contribution in [3.8, 4) is 6.07 Å². The summed E-state index contributed by atoms with van der Waals surface area (Å²) >= 11 is 0. The molecule has 0 aliphatic heterocycles. The van der Waals surface area contributed by atoms with E-state index in [2.05, 4.69) is 0 Å². The molecule has 82 valence electrons. The SMILES string of the molecule is N#Cc1cc(N)c(CC(=O)O)c([N+](=O)[O-])c1. The van der Waals surface area contributed by atoms with E-state index in [4.69, 9.17) is 16.1 Å². The molecular weight excluding hydrogens is 214 g/mol. The Morgan fingerprint density at radius 2 is 2.25 bits per heavy atom. The molecule has 16 heavy (non-hydrogen) atoms. The molecule has 0 bridgehead atoms. The second kappa shape index (κ2) is 4.27. The molecule has 0 aliphatic rings. The highest BCUT2D eigenvalue weighted by Crippen LogP contribution is 2.26. The number of nitrogens with zero attached hydrogens (tertiary/aromatic N) is 2. The number of hydrogen-bond donors (Lipinski definition) is 2. The summed E-state index contributed by atoms with van der Waals surface area (Å²) in [5.74, 6) is -1.22. The van der Waals surface area contributed by atoms with Gasteiger partial charge in [-0.15, -0.1) is 0 Å². The summed E-state index contributed by atoms with van der Waals surface area (Å²) in [6.45, 7) is 0. The van der Waals surface area contributed by atoms with Crippen molar-refractivity contribution in [1.29, 1.82) is 5.26 Å². The van der Waals surface area contributed by atoms with Gasteiger partial charge < -0.3 is 10.8 Å². The number of carboxylic acids is 1. The van der Waals surface area contributed by atoms with Crippen LogP contribution in [0.5, 0.6) is 0 Å². The van der Waals surface area contributed by atoms with Gasteiger partial charge in [-0.3, -0.25) is 14.9 Å². The minimum atomic E-state index is -1.22. The van der Waals surface area contributed by atoms with E-state index in [0.717, 1.165) is 6.07 Å². The maximum absolute atomic E-state index is 10.7. The highest BCUT2D eigenvalue weighted by molar-refractivity contribution is 5.76.